The Hall–Kier alpha value is -0.330. The second-order valence-electron chi connectivity index (χ2n) is 7.78. The van der Waals surface area contributed by atoms with Gasteiger partial charge in [0.2, 0.25) is 0 Å². The molecule has 1 aliphatic rings. The molecule has 1 heterocycles. The van der Waals surface area contributed by atoms with Crippen LogP contribution in [0.4, 0.5) is 13.2 Å². The normalized spacial score (nSPS) is 17.3. The van der Waals surface area contributed by atoms with Crippen molar-refractivity contribution in [3.8, 4) is 0 Å². The minimum atomic E-state index is -4.15. The van der Waals surface area contributed by atoms with Gasteiger partial charge in [-0.25, -0.2) is 0 Å². The first-order chi connectivity index (χ1) is 13.2. The van der Waals surface area contributed by atoms with Crippen molar-refractivity contribution in [2.24, 2.45) is 10.9 Å². The van der Waals surface area contributed by atoms with Crippen LogP contribution in [0.5, 0.6) is 0 Å². The SMILES string of the molecule is CCNC(=NCC(CC(C)C)N1CCOCC1)NCCCN(C)CC(F)(F)F.I. The molecule has 1 aliphatic heterocycles. The molecule has 0 aromatic rings. The molecule has 0 amide bonds. The third kappa shape index (κ3) is 14.3. The first-order valence-corrected chi connectivity index (χ1v) is 10.3. The average molecular weight is 537 g/mol. The van der Waals surface area contributed by atoms with Gasteiger partial charge in [-0.2, -0.15) is 13.2 Å². The molecule has 174 valence electrons. The summed E-state index contributed by atoms with van der Waals surface area (Å²) < 4.78 is 42.6. The molecular formula is C19H39F3IN5O. The maximum Gasteiger partial charge on any atom is 0.401 e. The van der Waals surface area contributed by atoms with E-state index in [1.54, 1.807) is 0 Å². The number of morpholine rings is 1. The summed E-state index contributed by atoms with van der Waals surface area (Å²) in [6.45, 7) is 11.4. The second-order valence-corrected chi connectivity index (χ2v) is 7.78. The van der Waals surface area contributed by atoms with Gasteiger partial charge in [-0.15, -0.1) is 24.0 Å². The Morgan fingerprint density at radius 1 is 1.21 bits per heavy atom. The minimum Gasteiger partial charge on any atom is -0.379 e. The Labute approximate surface area is 191 Å². The predicted octanol–water partition coefficient (Wildman–Crippen LogP) is 2.79. The zero-order valence-electron chi connectivity index (χ0n) is 18.2. The van der Waals surface area contributed by atoms with Crippen LogP contribution in [0.25, 0.3) is 0 Å². The molecule has 1 unspecified atom stereocenters. The van der Waals surface area contributed by atoms with E-state index in [1.165, 1.54) is 11.9 Å². The summed E-state index contributed by atoms with van der Waals surface area (Å²) in [5.74, 6) is 1.31. The molecule has 1 fully saturated rings. The van der Waals surface area contributed by atoms with E-state index < -0.39 is 12.7 Å². The van der Waals surface area contributed by atoms with Crippen LogP contribution in [0, 0.1) is 5.92 Å². The van der Waals surface area contributed by atoms with Gasteiger partial charge in [-0.05, 0) is 39.3 Å². The van der Waals surface area contributed by atoms with Gasteiger partial charge in [0.25, 0.3) is 0 Å². The molecule has 10 heteroatoms. The van der Waals surface area contributed by atoms with Crippen molar-refractivity contribution in [2.45, 2.75) is 45.8 Å². The molecule has 0 spiro atoms. The molecule has 0 aliphatic carbocycles. The van der Waals surface area contributed by atoms with Crippen LogP contribution in [0.2, 0.25) is 0 Å². The van der Waals surface area contributed by atoms with Crippen LogP contribution >= 0.6 is 24.0 Å². The molecule has 0 radical (unpaired) electrons. The highest BCUT2D eigenvalue weighted by molar-refractivity contribution is 14.0. The van der Waals surface area contributed by atoms with E-state index in [1.807, 2.05) is 6.92 Å². The minimum absolute atomic E-state index is 0. The highest BCUT2D eigenvalue weighted by Crippen LogP contribution is 2.15. The van der Waals surface area contributed by atoms with E-state index in [0.717, 1.165) is 45.2 Å². The number of hydrogen-bond donors (Lipinski definition) is 2. The lowest BCUT2D eigenvalue weighted by molar-refractivity contribution is -0.143. The maximum absolute atomic E-state index is 12.4. The third-order valence-electron chi connectivity index (χ3n) is 4.57. The van der Waals surface area contributed by atoms with Crippen molar-refractivity contribution in [1.29, 1.82) is 0 Å². The van der Waals surface area contributed by atoms with Crippen molar-refractivity contribution >= 4 is 29.9 Å². The Kier molecular flexibility index (Phi) is 15.3. The van der Waals surface area contributed by atoms with Gasteiger partial charge in [0.05, 0.1) is 26.3 Å². The summed E-state index contributed by atoms with van der Waals surface area (Å²) in [7, 11) is 1.49. The summed E-state index contributed by atoms with van der Waals surface area (Å²) in [6, 6.07) is 0.372. The van der Waals surface area contributed by atoms with Crippen LogP contribution in [0.3, 0.4) is 0 Å². The van der Waals surface area contributed by atoms with E-state index in [9.17, 15) is 13.2 Å². The molecule has 6 nitrogen and oxygen atoms in total. The Bertz CT molecular complexity index is 446. The Morgan fingerprint density at radius 3 is 2.41 bits per heavy atom. The summed E-state index contributed by atoms with van der Waals surface area (Å²) in [4.78, 5) is 8.48. The number of guanidine groups is 1. The van der Waals surface area contributed by atoms with Gasteiger partial charge in [-0.3, -0.25) is 14.8 Å². The number of aliphatic imine (C=N–C) groups is 1. The molecule has 0 aromatic carbocycles. The topological polar surface area (TPSA) is 52.1 Å². The van der Waals surface area contributed by atoms with Crippen molar-refractivity contribution in [3.63, 3.8) is 0 Å². The van der Waals surface area contributed by atoms with Crippen molar-refractivity contribution in [1.82, 2.24) is 20.4 Å². The van der Waals surface area contributed by atoms with E-state index in [0.29, 0.717) is 38.0 Å². The largest absolute Gasteiger partial charge is 0.401 e. The number of alkyl halides is 3. The number of ether oxygens (including phenoxy) is 1. The smallest absolute Gasteiger partial charge is 0.379 e. The molecule has 2 N–H and O–H groups in total. The first-order valence-electron chi connectivity index (χ1n) is 10.3. The average Bonchev–Trinajstić information content (AvgIpc) is 2.60. The lowest BCUT2D eigenvalue weighted by Crippen LogP contribution is -2.46. The molecule has 0 saturated carbocycles. The third-order valence-corrected chi connectivity index (χ3v) is 4.57. The van der Waals surface area contributed by atoms with E-state index >= 15 is 0 Å². The predicted molar refractivity (Wildman–Crippen MR) is 123 cm³/mol. The standard InChI is InChI=1S/C19H38F3N5O.HI/c1-5-23-18(24-7-6-8-26(4)15-19(20,21)22)25-14-17(13-16(2)3)27-9-11-28-12-10-27;/h16-17H,5-15H2,1-4H3,(H2,23,24,25);1H. The zero-order chi connectivity index (χ0) is 21.0. The number of halogens is 4. The molecule has 0 bridgehead atoms. The molecule has 29 heavy (non-hydrogen) atoms. The fourth-order valence-corrected chi connectivity index (χ4v) is 3.31. The highest BCUT2D eigenvalue weighted by atomic mass is 127. The fraction of sp³-hybridized carbons (Fsp3) is 0.947. The van der Waals surface area contributed by atoms with Gasteiger partial charge < -0.3 is 15.4 Å². The first kappa shape index (κ1) is 28.7. The van der Waals surface area contributed by atoms with Gasteiger partial charge in [0, 0.05) is 32.2 Å². The number of hydrogen-bond acceptors (Lipinski definition) is 4. The second kappa shape index (κ2) is 15.5. The monoisotopic (exact) mass is 537 g/mol. The molecular weight excluding hydrogens is 498 g/mol. The molecule has 1 saturated heterocycles. The summed E-state index contributed by atoms with van der Waals surface area (Å²) >= 11 is 0. The van der Waals surface area contributed by atoms with Crippen LogP contribution in [-0.4, -0.2) is 94.1 Å². The molecule has 1 rings (SSSR count). The van der Waals surface area contributed by atoms with Crippen molar-refractivity contribution in [3.05, 3.63) is 0 Å². The number of nitrogens with zero attached hydrogens (tertiary/aromatic N) is 3. The summed E-state index contributed by atoms with van der Waals surface area (Å²) in [5, 5.41) is 6.46. The van der Waals surface area contributed by atoms with Crippen LogP contribution in [-0.2, 0) is 4.74 Å². The van der Waals surface area contributed by atoms with Gasteiger partial charge in [0.1, 0.15) is 0 Å². The highest BCUT2D eigenvalue weighted by Gasteiger charge is 2.28. The Morgan fingerprint density at radius 2 is 1.86 bits per heavy atom. The maximum atomic E-state index is 12.4. The molecule has 1 atom stereocenters. The van der Waals surface area contributed by atoms with Crippen LogP contribution < -0.4 is 10.6 Å². The van der Waals surface area contributed by atoms with E-state index in [-0.39, 0.29) is 24.0 Å². The fourth-order valence-electron chi connectivity index (χ4n) is 3.31. The van der Waals surface area contributed by atoms with E-state index in [2.05, 4.69) is 29.4 Å². The van der Waals surface area contributed by atoms with E-state index in [4.69, 9.17) is 9.73 Å². The summed E-state index contributed by atoms with van der Waals surface area (Å²) in [5.41, 5.74) is 0. The van der Waals surface area contributed by atoms with Crippen molar-refractivity contribution < 1.29 is 17.9 Å². The number of rotatable bonds is 11. The van der Waals surface area contributed by atoms with Crippen LogP contribution in [0.1, 0.15) is 33.6 Å². The zero-order valence-corrected chi connectivity index (χ0v) is 20.6. The quantitative estimate of drug-likeness (QED) is 0.184. The molecule has 0 aromatic heterocycles. The van der Waals surface area contributed by atoms with Gasteiger partial charge >= 0.3 is 6.18 Å². The van der Waals surface area contributed by atoms with Gasteiger partial charge in [0.15, 0.2) is 5.96 Å². The number of nitrogens with one attached hydrogen (secondary N) is 2. The van der Waals surface area contributed by atoms with Crippen LogP contribution in [0.15, 0.2) is 4.99 Å². The lowest BCUT2D eigenvalue weighted by Gasteiger charge is -2.34. The van der Waals surface area contributed by atoms with Gasteiger partial charge in [-0.1, -0.05) is 13.8 Å². The Balaban J connectivity index is 0.00000784. The van der Waals surface area contributed by atoms with Crippen molar-refractivity contribution in [2.75, 3.05) is 66.1 Å². The lowest BCUT2D eigenvalue weighted by atomic mass is 10.0. The summed E-state index contributed by atoms with van der Waals surface area (Å²) in [6.07, 6.45) is -2.45.